The molecule has 1 heterocycles. The first kappa shape index (κ1) is 19.1. The molecule has 0 spiro atoms. The second kappa shape index (κ2) is 7.72. The van der Waals surface area contributed by atoms with Crippen LogP contribution in [0.1, 0.15) is 34.1 Å². The molecule has 6 heteroatoms. The van der Waals surface area contributed by atoms with E-state index in [0.29, 0.717) is 11.4 Å². The number of ether oxygens (including phenoxy) is 1. The number of aromatic amines is 1. The summed E-state index contributed by atoms with van der Waals surface area (Å²) in [6.45, 7) is 1.84. The number of rotatable bonds is 5. The summed E-state index contributed by atoms with van der Waals surface area (Å²) in [5.41, 5.74) is 9.10. The number of methoxy groups -OCH3 is 1. The lowest BCUT2D eigenvalue weighted by molar-refractivity contribution is 0.0950. The average Bonchev–Trinajstić information content (AvgIpc) is 3.47. The van der Waals surface area contributed by atoms with E-state index in [9.17, 15) is 4.79 Å². The number of carbonyl (C=O) groups excluding carboxylic acids is 1. The quantitative estimate of drug-likeness (QED) is 0.376. The van der Waals surface area contributed by atoms with Crippen LogP contribution in [0.4, 0.5) is 0 Å². The van der Waals surface area contributed by atoms with E-state index in [1.165, 1.54) is 21.9 Å². The Morgan fingerprint density at radius 1 is 1.06 bits per heavy atom. The predicted octanol–water partition coefficient (Wildman–Crippen LogP) is 4.49. The van der Waals surface area contributed by atoms with E-state index in [2.05, 4.69) is 51.1 Å². The lowest BCUT2D eigenvalue weighted by Gasteiger charge is -2.06. The molecule has 0 bridgehead atoms. The van der Waals surface area contributed by atoms with Crippen molar-refractivity contribution >= 4 is 22.4 Å². The lowest BCUT2D eigenvalue weighted by Crippen LogP contribution is -2.19. The van der Waals surface area contributed by atoms with Crippen molar-refractivity contribution in [2.24, 2.45) is 5.10 Å². The zero-order valence-electron chi connectivity index (χ0n) is 17.4. The molecule has 0 fully saturated rings. The molecule has 0 saturated heterocycles. The summed E-state index contributed by atoms with van der Waals surface area (Å²) < 4.78 is 5.17. The van der Waals surface area contributed by atoms with Crippen LogP contribution in [0.3, 0.4) is 0 Å². The topological polar surface area (TPSA) is 79.4 Å². The molecule has 1 aliphatic rings. The third kappa shape index (κ3) is 3.46. The van der Waals surface area contributed by atoms with Crippen molar-refractivity contribution in [1.29, 1.82) is 0 Å². The summed E-state index contributed by atoms with van der Waals surface area (Å²) in [6, 6.07) is 19.9. The van der Waals surface area contributed by atoms with Crippen molar-refractivity contribution in [1.82, 2.24) is 15.6 Å². The van der Waals surface area contributed by atoms with Gasteiger partial charge >= 0.3 is 0 Å². The fourth-order valence-corrected chi connectivity index (χ4v) is 4.14. The number of H-pyrrole nitrogens is 1. The Morgan fingerprint density at radius 3 is 2.61 bits per heavy atom. The normalized spacial score (nSPS) is 12.9. The maximum Gasteiger partial charge on any atom is 0.289 e. The Balaban J connectivity index is 1.37. The van der Waals surface area contributed by atoms with Crippen LogP contribution >= 0.6 is 0 Å². The Hall–Kier alpha value is -3.93. The Labute approximate surface area is 179 Å². The highest BCUT2D eigenvalue weighted by Crippen LogP contribution is 2.36. The van der Waals surface area contributed by atoms with Crippen LogP contribution in [-0.2, 0) is 12.8 Å². The van der Waals surface area contributed by atoms with Crippen molar-refractivity contribution in [3.8, 4) is 17.0 Å². The van der Waals surface area contributed by atoms with Gasteiger partial charge < -0.3 is 4.74 Å². The van der Waals surface area contributed by atoms with Gasteiger partial charge in [-0.3, -0.25) is 9.89 Å². The monoisotopic (exact) mass is 410 g/mol. The molecule has 6 nitrogen and oxygen atoms in total. The van der Waals surface area contributed by atoms with Crippen LogP contribution < -0.4 is 10.2 Å². The van der Waals surface area contributed by atoms with Gasteiger partial charge in [0.15, 0.2) is 0 Å². The van der Waals surface area contributed by atoms with E-state index in [1.807, 2.05) is 31.2 Å². The van der Waals surface area contributed by atoms with Gasteiger partial charge in [-0.1, -0.05) is 30.3 Å². The molecule has 0 aliphatic heterocycles. The van der Waals surface area contributed by atoms with Crippen molar-refractivity contribution in [3.05, 3.63) is 83.0 Å². The Bertz CT molecular complexity index is 1310. The van der Waals surface area contributed by atoms with Crippen molar-refractivity contribution in [2.45, 2.75) is 19.8 Å². The molecule has 4 aromatic rings. The summed E-state index contributed by atoms with van der Waals surface area (Å²) in [4.78, 5) is 12.6. The number of hydrazone groups is 1. The van der Waals surface area contributed by atoms with Gasteiger partial charge in [0, 0.05) is 5.56 Å². The highest BCUT2D eigenvalue weighted by atomic mass is 16.5. The number of carbonyl (C=O) groups is 1. The van der Waals surface area contributed by atoms with E-state index in [-0.39, 0.29) is 5.91 Å². The van der Waals surface area contributed by atoms with Gasteiger partial charge in [0.25, 0.3) is 5.91 Å². The summed E-state index contributed by atoms with van der Waals surface area (Å²) in [5, 5.41) is 14.0. The van der Waals surface area contributed by atoms with Crippen LogP contribution in [0.25, 0.3) is 22.0 Å². The molecule has 0 atom stereocenters. The molecule has 3 aromatic carbocycles. The first-order valence-electron chi connectivity index (χ1n) is 10.2. The number of hydrogen-bond acceptors (Lipinski definition) is 4. The summed E-state index contributed by atoms with van der Waals surface area (Å²) in [5.74, 6) is 0.436. The van der Waals surface area contributed by atoms with Gasteiger partial charge in [0.2, 0.25) is 0 Å². The molecule has 1 aromatic heterocycles. The molecule has 1 aliphatic carbocycles. The van der Waals surface area contributed by atoms with Gasteiger partial charge in [0.05, 0.1) is 18.5 Å². The Morgan fingerprint density at radius 2 is 1.84 bits per heavy atom. The molecule has 0 unspecified atom stereocenters. The minimum atomic E-state index is -0.336. The number of benzene rings is 3. The summed E-state index contributed by atoms with van der Waals surface area (Å²) >= 11 is 0. The summed E-state index contributed by atoms with van der Waals surface area (Å²) in [6.07, 6.45) is 2.16. The fourth-order valence-electron chi connectivity index (χ4n) is 4.14. The maximum absolute atomic E-state index is 12.6. The molecular weight excluding hydrogens is 388 g/mol. The van der Waals surface area contributed by atoms with Crippen LogP contribution in [0.2, 0.25) is 0 Å². The zero-order chi connectivity index (χ0) is 21.4. The number of amides is 1. The second-order valence-corrected chi connectivity index (χ2v) is 7.65. The van der Waals surface area contributed by atoms with Gasteiger partial charge in [-0.15, -0.1) is 0 Å². The molecule has 5 rings (SSSR count). The molecule has 0 saturated carbocycles. The highest BCUT2D eigenvalue weighted by Gasteiger charge is 2.18. The largest absolute Gasteiger partial charge is 0.497 e. The van der Waals surface area contributed by atoms with Crippen LogP contribution in [0.5, 0.6) is 5.75 Å². The van der Waals surface area contributed by atoms with E-state index in [0.717, 1.165) is 35.4 Å². The number of aryl methyl sites for hydroxylation is 2. The zero-order valence-corrected chi connectivity index (χ0v) is 17.4. The maximum atomic E-state index is 12.6. The molecule has 0 radical (unpaired) electrons. The van der Waals surface area contributed by atoms with E-state index in [1.54, 1.807) is 13.2 Å². The minimum absolute atomic E-state index is 0.336. The number of hydrogen-bond donors (Lipinski definition) is 2. The summed E-state index contributed by atoms with van der Waals surface area (Å²) in [7, 11) is 1.62. The van der Waals surface area contributed by atoms with E-state index in [4.69, 9.17) is 4.74 Å². The molecular formula is C25H22N4O2. The van der Waals surface area contributed by atoms with Crippen LogP contribution in [0.15, 0.2) is 65.8 Å². The van der Waals surface area contributed by atoms with E-state index < -0.39 is 0 Å². The minimum Gasteiger partial charge on any atom is -0.497 e. The second-order valence-electron chi connectivity index (χ2n) is 7.65. The number of nitrogens with zero attached hydrogens (tertiary/aromatic N) is 2. The number of nitrogens with one attached hydrogen (secondary N) is 2. The highest BCUT2D eigenvalue weighted by molar-refractivity contribution is 6.03. The average molecular weight is 410 g/mol. The third-order valence-electron chi connectivity index (χ3n) is 5.81. The molecule has 1 amide bonds. The first-order valence-corrected chi connectivity index (χ1v) is 10.2. The molecule has 2 N–H and O–H groups in total. The lowest BCUT2D eigenvalue weighted by atomic mass is 9.98. The van der Waals surface area contributed by atoms with Gasteiger partial charge in [-0.05, 0) is 77.6 Å². The molecule has 31 heavy (non-hydrogen) atoms. The van der Waals surface area contributed by atoms with Gasteiger partial charge in [0.1, 0.15) is 11.4 Å². The first-order chi connectivity index (χ1) is 15.1. The predicted molar refractivity (Wildman–Crippen MR) is 122 cm³/mol. The van der Waals surface area contributed by atoms with Crippen LogP contribution in [-0.4, -0.2) is 28.9 Å². The van der Waals surface area contributed by atoms with Crippen molar-refractivity contribution in [3.63, 3.8) is 0 Å². The van der Waals surface area contributed by atoms with Crippen LogP contribution in [0, 0.1) is 0 Å². The van der Waals surface area contributed by atoms with Gasteiger partial charge in [-0.2, -0.15) is 10.2 Å². The SMILES string of the molecule is COc1ccc(C(C)=NNC(=O)c2cc(-c3ccc4c5c(cccc35)CC4)n[nH]2)cc1. The standard InChI is InChI=1S/C25H22N4O2/c1-15(16-8-11-19(31-2)12-9-16)26-29-25(30)23-14-22(27-28-23)20-13-10-18-7-6-17-4-3-5-21(20)24(17)18/h3-5,8-14H,6-7H2,1-2H3,(H,27,28)(H,29,30). The number of aromatic nitrogens is 2. The smallest absolute Gasteiger partial charge is 0.289 e. The Kier molecular flexibility index (Phi) is 4.75. The van der Waals surface area contributed by atoms with Crippen molar-refractivity contribution in [2.75, 3.05) is 7.11 Å². The third-order valence-corrected chi connectivity index (χ3v) is 5.81. The fraction of sp³-hybridized carbons (Fsp3) is 0.160. The van der Waals surface area contributed by atoms with E-state index >= 15 is 0 Å². The molecule has 154 valence electrons. The van der Waals surface area contributed by atoms with Crippen molar-refractivity contribution < 1.29 is 9.53 Å². The van der Waals surface area contributed by atoms with Gasteiger partial charge in [-0.25, -0.2) is 5.43 Å².